The minimum Gasteiger partial charge on any atom is -0.380 e. The van der Waals surface area contributed by atoms with Crippen molar-refractivity contribution in [3.8, 4) is 0 Å². The fourth-order valence-corrected chi connectivity index (χ4v) is 4.20. The largest absolute Gasteiger partial charge is 0.380 e. The monoisotopic (exact) mass is 442 g/mol. The molecule has 29 heavy (non-hydrogen) atoms. The van der Waals surface area contributed by atoms with E-state index in [9.17, 15) is 5.11 Å². The van der Waals surface area contributed by atoms with E-state index in [1.807, 2.05) is 66.7 Å². The van der Waals surface area contributed by atoms with E-state index in [1.54, 1.807) is 0 Å². The molecule has 144 valence electrons. The van der Waals surface area contributed by atoms with Gasteiger partial charge in [0.05, 0.1) is 0 Å². The summed E-state index contributed by atoms with van der Waals surface area (Å²) in [5, 5.41) is 12.1. The number of benzene rings is 4. The van der Waals surface area contributed by atoms with Gasteiger partial charge in [0, 0.05) is 10.4 Å². The van der Waals surface area contributed by atoms with Gasteiger partial charge in [0.15, 0.2) is 0 Å². The van der Waals surface area contributed by atoms with Gasteiger partial charge in [-0.15, -0.1) is 0 Å². The maximum absolute atomic E-state index is 12.1. The molecule has 0 saturated carbocycles. The Bertz CT molecular complexity index is 989. The highest BCUT2D eigenvalue weighted by Crippen LogP contribution is 2.41. The number of rotatable bonds is 6. The third kappa shape index (κ3) is 4.34. The molecular formula is C27H23BrO. The second kappa shape index (κ2) is 8.77. The van der Waals surface area contributed by atoms with Crippen LogP contribution < -0.4 is 0 Å². The van der Waals surface area contributed by atoms with Crippen LogP contribution in [-0.2, 0) is 5.60 Å². The summed E-state index contributed by atoms with van der Waals surface area (Å²) in [6, 6.07) is 38.8. The summed E-state index contributed by atoms with van der Waals surface area (Å²) in [6.07, 6.45) is 0.548. The maximum atomic E-state index is 12.1. The molecule has 0 bridgehead atoms. The minimum atomic E-state index is -1.10. The van der Waals surface area contributed by atoms with Crippen molar-refractivity contribution in [2.75, 3.05) is 0 Å². The summed E-state index contributed by atoms with van der Waals surface area (Å²) in [7, 11) is 0. The molecule has 0 unspecified atom stereocenters. The fraction of sp³-hybridized carbons (Fsp3) is 0.111. The van der Waals surface area contributed by atoms with E-state index in [-0.39, 0.29) is 5.92 Å². The third-order valence-corrected chi connectivity index (χ3v) is 6.01. The second-order valence-electron chi connectivity index (χ2n) is 7.31. The van der Waals surface area contributed by atoms with Gasteiger partial charge in [-0.2, -0.15) is 0 Å². The molecule has 1 N–H and O–H groups in total. The highest BCUT2D eigenvalue weighted by Gasteiger charge is 2.35. The molecule has 0 aliphatic heterocycles. The van der Waals surface area contributed by atoms with Crippen molar-refractivity contribution in [1.29, 1.82) is 0 Å². The van der Waals surface area contributed by atoms with Gasteiger partial charge < -0.3 is 5.11 Å². The zero-order valence-electron chi connectivity index (χ0n) is 16.1. The molecule has 0 aromatic heterocycles. The van der Waals surface area contributed by atoms with Crippen LogP contribution >= 0.6 is 15.9 Å². The molecule has 0 amide bonds. The van der Waals surface area contributed by atoms with Crippen LogP contribution in [0, 0.1) is 0 Å². The first kappa shape index (κ1) is 19.6. The van der Waals surface area contributed by atoms with E-state index < -0.39 is 5.60 Å². The zero-order valence-corrected chi connectivity index (χ0v) is 17.7. The molecule has 0 aliphatic carbocycles. The van der Waals surface area contributed by atoms with Crippen molar-refractivity contribution in [2.24, 2.45) is 0 Å². The third-order valence-electron chi connectivity index (χ3n) is 5.48. The van der Waals surface area contributed by atoms with Crippen LogP contribution in [0.5, 0.6) is 0 Å². The smallest absolute Gasteiger partial charge is 0.115 e. The molecule has 0 radical (unpaired) electrons. The summed E-state index contributed by atoms with van der Waals surface area (Å²) in [5.41, 5.74) is 3.09. The van der Waals surface area contributed by atoms with Crippen LogP contribution in [-0.4, -0.2) is 5.11 Å². The standard InChI is InChI=1S/C27H23BrO/c28-25-18-16-22(17-19-25)26(21-10-4-1-5-11-21)20-27(29,23-12-6-2-7-13-23)24-14-8-3-9-15-24/h1-19,26,29H,20H2/t26-/m1/s1. The minimum absolute atomic E-state index is 0.0507. The molecule has 2 heteroatoms. The Morgan fingerprint density at radius 2 is 1.00 bits per heavy atom. The fourth-order valence-electron chi connectivity index (χ4n) is 3.93. The molecule has 4 aromatic carbocycles. The van der Waals surface area contributed by atoms with Crippen molar-refractivity contribution >= 4 is 15.9 Å². The van der Waals surface area contributed by atoms with Gasteiger partial charge in [0.2, 0.25) is 0 Å². The summed E-state index contributed by atoms with van der Waals surface area (Å²) in [4.78, 5) is 0. The molecule has 1 atom stereocenters. The van der Waals surface area contributed by atoms with Crippen LogP contribution in [0.2, 0.25) is 0 Å². The Labute approximate surface area is 180 Å². The predicted octanol–water partition coefficient (Wildman–Crippen LogP) is 6.91. The first-order chi connectivity index (χ1) is 14.2. The van der Waals surface area contributed by atoms with Gasteiger partial charge in [-0.1, -0.05) is 119 Å². The molecule has 0 heterocycles. The van der Waals surface area contributed by atoms with Crippen LogP contribution in [0.4, 0.5) is 0 Å². The lowest BCUT2D eigenvalue weighted by Gasteiger charge is -2.34. The molecule has 0 spiro atoms. The van der Waals surface area contributed by atoms with Crippen LogP contribution in [0.25, 0.3) is 0 Å². The normalized spacial score (nSPS) is 12.5. The molecule has 0 aliphatic rings. The number of hydrogen-bond acceptors (Lipinski definition) is 1. The average Bonchev–Trinajstić information content (AvgIpc) is 2.80. The van der Waals surface area contributed by atoms with Crippen LogP contribution in [0.1, 0.15) is 34.6 Å². The lowest BCUT2D eigenvalue weighted by atomic mass is 9.75. The van der Waals surface area contributed by atoms with Gasteiger partial charge in [0.25, 0.3) is 0 Å². The molecule has 4 rings (SSSR count). The van der Waals surface area contributed by atoms with Gasteiger partial charge in [0.1, 0.15) is 5.60 Å². The average molecular weight is 443 g/mol. The van der Waals surface area contributed by atoms with E-state index >= 15 is 0 Å². The Morgan fingerprint density at radius 1 is 0.586 bits per heavy atom. The van der Waals surface area contributed by atoms with Crippen LogP contribution in [0.15, 0.2) is 120 Å². The zero-order chi connectivity index (χ0) is 20.1. The molecule has 0 fully saturated rings. The summed E-state index contributed by atoms with van der Waals surface area (Å²) < 4.78 is 1.05. The van der Waals surface area contributed by atoms with E-state index in [0.717, 1.165) is 15.6 Å². The SMILES string of the molecule is OC(C[C@H](c1ccccc1)c1ccc(Br)cc1)(c1ccccc1)c1ccccc1. The molecular weight excluding hydrogens is 420 g/mol. The van der Waals surface area contributed by atoms with Gasteiger partial charge in [-0.25, -0.2) is 0 Å². The topological polar surface area (TPSA) is 20.2 Å². The quantitative estimate of drug-likeness (QED) is 0.343. The lowest BCUT2D eigenvalue weighted by Crippen LogP contribution is -2.30. The Morgan fingerprint density at radius 3 is 1.48 bits per heavy atom. The van der Waals surface area contributed by atoms with Crippen molar-refractivity contribution < 1.29 is 5.11 Å². The second-order valence-corrected chi connectivity index (χ2v) is 8.23. The number of halogens is 1. The number of aliphatic hydroxyl groups is 1. The summed E-state index contributed by atoms with van der Waals surface area (Å²) >= 11 is 3.54. The summed E-state index contributed by atoms with van der Waals surface area (Å²) in [6.45, 7) is 0. The number of hydrogen-bond donors (Lipinski definition) is 1. The van der Waals surface area contributed by atoms with E-state index in [2.05, 4.69) is 64.5 Å². The summed E-state index contributed by atoms with van der Waals surface area (Å²) in [5.74, 6) is 0.0507. The van der Waals surface area contributed by atoms with Crippen molar-refractivity contribution in [3.05, 3.63) is 142 Å². The molecule has 4 aromatic rings. The van der Waals surface area contributed by atoms with Crippen LogP contribution in [0.3, 0.4) is 0 Å². The van der Waals surface area contributed by atoms with Gasteiger partial charge in [-0.3, -0.25) is 0 Å². The highest BCUT2D eigenvalue weighted by atomic mass is 79.9. The van der Waals surface area contributed by atoms with Crippen molar-refractivity contribution in [3.63, 3.8) is 0 Å². The Balaban J connectivity index is 1.84. The molecule has 0 saturated heterocycles. The lowest BCUT2D eigenvalue weighted by molar-refractivity contribution is 0.0664. The van der Waals surface area contributed by atoms with Crippen molar-refractivity contribution in [1.82, 2.24) is 0 Å². The highest BCUT2D eigenvalue weighted by molar-refractivity contribution is 9.10. The Kier molecular flexibility index (Phi) is 5.94. The van der Waals surface area contributed by atoms with E-state index in [4.69, 9.17) is 0 Å². The predicted molar refractivity (Wildman–Crippen MR) is 123 cm³/mol. The first-order valence-electron chi connectivity index (χ1n) is 9.81. The Hall–Kier alpha value is -2.68. The van der Waals surface area contributed by atoms with Gasteiger partial charge >= 0.3 is 0 Å². The molecule has 1 nitrogen and oxygen atoms in total. The first-order valence-corrected chi connectivity index (χ1v) is 10.6. The van der Waals surface area contributed by atoms with E-state index in [0.29, 0.717) is 6.42 Å². The van der Waals surface area contributed by atoms with Crippen molar-refractivity contribution in [2.45, 2.75) is 17.9 Å². The van der Waals surface area contributed by atoms with E-state index in [1.165, 1.54) is 11.1 Å². The maximum Gasteiger partial charge on any atom is 0.115 e. The van der Waals surface area contributed by atoms with Gasteiger partial charge in [-0.05, 0) is 40.8 Å².